The van der Waals surface area contributed by atoms with Crippen LogP contribution in [0.25, 0.3) is 0 Å². The number of rotatable bonds is 8. The van der Waals surface area contributed by atoms with Gasteiger partial charge in [-0.3, -0.25) is 0 Å². The van der Waals surface area contributed by atoms with Gasteiger partial charge in [-0.2, -0.15) is 17.6 Å². The highest BCUT2D eigenvalue weighted by atomic mass is 19.3. The van der Waals surface area contributed by atoms with Crippen molar-refractivity contribution in [2.75, 3.05) is 0 Å². The maximum absolute atomic E-state index is 12.9. The molecule has 2 rings (SSSR count). The Balaban J connectivity index is 1.78. The summed E-state index contributed by atoms with van der Waals surface area (Å²) in [6.07, 6.45) is 2.88. The van der Waals surface area contributed by atoms with Crippen LogP contribution < -0.4 is 4.74 Å². The molecule has 1 aromatic carbocycles. The second kappa shape index (κ2) is 10.6. The number of ether oxygens (including phenoxy) is 1. The van der Waals surface area contributed by atoms with E-state index in [1.807, 2.05) is 0 Å². The Bertz CT molecular complexity index is 607. The Kier molecular flexibility index (Phi) is 8.47. The summed E-state index contributed by atoms with van der Waals surface area (Å²) < 4.78 is 54.1. The van der Waals surface area contributed by atoms with E-state index in [-0.39, 0.29) is 5.75 Å². The molecule has 0 aromatic heterocycles. The molecule has 1 aliphatic rings. The molecule has 1 aromatic rings. The van der Waals surface area contributed by atoms with Crippen molar-refractivity contribution in [3.05, 3.63) is 29.8 Å². The van der Waals surface area contributed by atoms with Crippen molar-refractivity contribution in [3.63, 3.8) is 0 Å². The fourth-order valence-electron chi connectivity index (χ4n) is 3.45. The highest BCUT2D eigenvalue weighted by Crippen LogP contribution is 2.32. The lowest BCUT2D eigenvalue weighted by Gasteiger charge is -2.25. The summed E-state index contributed by atoms with van der Waals surface area (Å²) in [4.78, 5) is 0. The standard InChI is InChI=1S/C22H28F4O/c1-2-3-4-5-6-17-7-9-18(10-8-17)11-12-19-13-15-20(16-14-19)27-22(25,26)21(23)24/h13-18,21H,2-10H2,1H3/t17-,18-. The molecule has 27 heavy (non-hydrogen) atoms. The van der Waals surface area contributed by atoms with Crippen LogP contribution in [0.5, 0.6) is 5.75 Å². The van der Waals surface area contributed by atoms with Gasteiger partial charge in [-0.25, -0.2) is 0 Å². The molecule has 0 atom stereocenters. The first-order chi connectivity index (χ1) is 12.9. The first-order valence-corrected chi connectivity index (χ1v) is 9.87. The topological polar surface area (TPSA) is 9.23 Å². The van der Waals surface area contributed by atoms with Crippen LogP contribution in [0.2, 0.25) is 0 Å². The quantitative estimate of drug-likeness (QED) is 0.265. The largest absolute Gasteiger partial charge is 0.461 e. The van der Waals surface area contributed by atoms with Crippen LogP contribution in [0.15, 0.2) is 24.3 Å². The van der Waals surface area contributed by atoms with Gasteiger partial charge in [0.25, 0.3) is 0 Å². The number of halogens is 4. The van der Waals surface area contributed by atoms with Crippen molar-refractivity contribution in [1.29, 1.82) is 0 Å². The lowest BCUT2D eigenvalue weighted by molar-refractivity contribution is -0.253. The van der Waals surface area contributed by atoms with Gasteiger partial charge in [0.05, 0.1) is 0 Å². The Labute approximate surface area is 159 Å². The van der Waals surface area contributed by atoms with Crippen LogP contribution in [-0.4, -0.2) is 12.5 Å². The van der Waals surface area contributed by atoms with Gasteiger partial charge in [0.15, 0.2) is 0 Å². The average molecular weight is 384 g/mol. The molecule has 0 bridgehead atoms. The van der Waals surface area contributed by atoms with E-state index in [0.717, 1.165) is 18.8 Å². The van der Waals surface area contributed by atoms with Crippen LogP contribution in [-0.2, 0) is 0 Å². The van der Waals surface area contributed by atoms with Crippen LogP contribution >= 0.6 is 0 Å². The molecule has 1 saturated carbocycles. The molecule has 0 saturated heterocycles. The van der Waals surface area contributed by atoms with E-state index < -0.39 is 12.5 Å². The number of hydrogen-bond donors (Lipinski definition) is 0. The lowest BCUT2D eigenvalue weighted by atomic mass is 9.80. The molecule has 1 nitrogen and oxygen atoms in total. The summed E-state index contributed by atoms with van der Waals surface area (Å²) in [6, 6.07) is 5.52. The third-order valence-electron chi connectivity index (χ3n) is 5.10. The Morgan fingerprint density at radius 2 is 1.70 bits per heavy atom. The van der Waals surface area contributed by atoms with Gasteiger partial charge in [0.1, 0.15) is 5.75 Å². The van der Waals surface area contributed by atoms with Gasteiger partial charge >= 0.3 is 12.5 Å². The summed E-state index contributed by atoms with van der Waals surface area (Å²) in [6.45, 7) is 2.23. The predicted molar refractivity (Wildman–Crippen MR) is 99.1 cm³/mol. The lowest BCUT2D eigenvalue weighted by Crippen LogP contribution is -2.33. The summed E-state index contributed by atoms with van der Waals surface area (Å²) in [5, 5.41) is 0. The first-order valence-electron chi connectivity index (χ1n) is 9.87. The number of benzene rings is 1. The van der Waals surface area contributed by atoms with Crippen molar-refractivity contribution in [2.45, 2.75) is 77.2 Å². The summed E-state index contributed by atoms with van der Waals surface area (Å²) in [7, 11) is 0. The Hall–Kier alpha value is -1.70. The van der Waals surface area contributed by atoms with E-state index in [1.165, 1.54) is 69.2 Å². The molecule has 0 heterocycles. The molecule has 0 spiro atoms. The van der Waals surface area contributed by atoms with Gasteiger partial charge in [0.2, 0.25) is 0 Å². The molecule has 0 unspecified atom stereocenters. The minimum Gasteiger partial charge on any atom is -0.428 e. The summed E-state index contributed by atoms with van der Waals surface area (Å²) in [5.41, 5.74) is 0.671. The van der Waals surface area contributed by atoms with Crippen molar-refractivity contribution in [3.8, 4) is 17.6 Å². The summed E-state index contributed by atoms with van der Waals surface area (Å²) >= 11 is 0. The third-order valence-corrected chi connectivity index (χ3v) is 5.10. The van der Waals surface area contributed by atoms with E-state index in [1.54, 1.807) is 0 Å². The zero-order valence-corrected chi connectivity index (χ0v) is 15.8. The molecule has 0 amide bonds. The van der Waals surface area contributed by atoms with Crippen molar-refractivity contribution >= 4 is 0 Å². The highest BCUT2D eigenvalue weighted by Gasteiger charge is 2.43. The zero-order valence-electron chi connectivity index (χ0n) is 15.8. The fourth-order valence-corrected chi connectivity index (χ4v) is 3.45. The maximum atomic E-state index is 12.9. The van der Waals surface area contributed by atoms with Crippen molar-refractivity contribution < 1.29 is 22.3 Å². The second-order valence-corrected chi connectivity index (χ2v) is 7.33. The SMILES string of the molecule is CCCCCC[C@H]1CC[C@H](C#Cc2ccc(OC(F)(F)C(F)F)cc2)CC1. The molecule has 0 aliphatic heterocycles. The second-order valence-electron chi connectivity index (χ2n) is 7.33. The molecule has 0 radical (unpaired) electrons. The molecule has 1 fully saturated rings. The van der Waals surface area contributed by atoms with Crippen LogP contribution in [0.4, 0.5) is 17.6 Å². The molecule has 0 N–H and O–H groups in total. The average Bonchev–Trinajstić information content (AvgIpc) is 2.65. The van der Waals surface area contributed by atoms with Gasteiger partial charge in [0, 0.05) is 11.5 Å². The molecule has 150 valence electrons. The third kappa shape index (κ3) is 7.44. The van der Waals surface area contributed by atoms with E-state index in [0.29, 0.717) is 11.5 Å². The van der Waals surface area contributed by atoms with Crippen molar-refractivity contribution in [2.24, 2.45) is 11.8 Å². The fraction of sp³-hybridized carbons (Fsp3) is 0.636. The van der Waals surface area contributed by atoms with Gasteiger partial charge in [-0.1, -0.05) is 50.9 Å². The van der Waals surface area contributed by atoms with Crippen LogP contribution in [0, 0.1) is 23.7 Å². The smallest absolute Gasteiger partial charge is 0.428 e. The zero-order chi connectivity index (χ0) is 19.7. The predicted octanol–water partition coefficient (Wildman–Crippen LogP) is 7.05. The minimum atomic E-state index is -4.48. The van der Waals surface area contributed by atoms with Gasteiger partial charge in [-0.05, 0) is 55.9 Å². The van der Waals surface area contributed by atoms with E-state index >= 15 is 0 Å². The Morgan fingerprint density at radius 1 is 1.04 bits per heavy atom. The van der Waals surface area contributed by atoms with E-state index in [4.69, 9.17) is 0 Å². The van der Waals surface area contributed by atoms with Crippen LogP contribution in [0.3, 0.4) is 0 Å². The van der Waals surface area contributed by atoms with Gasteiger partial charge in [-0.15, -0.1) is 0 Å². The van der Waals surface area contributed by atoms with Gasteiger partial charge < -0.3 is 4.74 Å². The van der Waals surface area contributed by atoms with Crippen molar-refractivity contribution in [1.82, 2.24) is 0 Å². The number of alkyl halides is 4. The molecule has 5 heteroatoms. The summed E-state index contributed by atoms with van der Waals surface area (Å²) in [5.74, 6) is 7.22. The number of hydrogen-bond acceptors (Lipinski definition) is 1. The number of unbranched alkanes of at least 4 members (excludes halogenated alkanes) is 3. The monoisotopic (exact) mass is 384 g/mol. The molecular formula is C22H28F4O. The molecule has 1 aliphatic carbocycles. The maximum Gasteiger partial charge on any atom is 0.461 e. The first kappa shape index (κ1) is 21.6. The van der Waals surface area contributed by atoms with Crippen LogP contribution in [0.1, 0.15) is 70.3 Å². The van der Waals surface area contributed by atoms with E-state index in [9.17, 15) is 17.6 Å². The van der Waals surface area contributed by atoms with E-state index in [2.05, 4.69) is 23.5 Å². The molecular weight excluding hydrogens is 356 g/mol. The minimum absolute atomic E-state index is 0.297. The Morgan fingerprint density at radius 3 is 2.30 bits per heavy atom. The normalized spacial score (nSPS) is 20.2. The highest BCUT2D eigenvalue weighted by molar-refractivity contribution is 5.38.